The highest BCUT2D eigenvalue weighted by molar-refractivity contribution is 5.34. The molecule has 1 aromatic rings. The number of pyridine rings is 1. The second kappa shape index (κ2) is 3.96. The van der Waals surface area contributed by atoms with Crippen LogP contribution in [0, 0.1) is 0 Å². The maximum Gasteiger partial charge on any atom is 0.186 e. The largest absolute Gasteiger partial charge is 0.373 e. The van der Waals surface area contributed by atoms with Crippen molar-refractivity contribution in [3.63, 3.8) is 0 Å². The second-order valence-corrected chi connectivity index (χ2v) is 5.32. The summed E-state index contributed by atoms with van der Waals surface area (Å²) in [6.45, 7) is 8.18. The lowest BCUT2D eigenvalue weighted by atomic mass is 9.90. The van der Waals surface area contributed by atoms with Crippen molar-refractivity contribution < 1.29 is 9.47 Å². The number of ether oxygens (including phenoxy) is 2. The zero-order chi connectivity index (χ0) is 12.7. The van der Waals surface area contributed by atoms with Gasteiger partial charge in [-0.1, -0.05) is 0 Å². The highest BCUT2D eigenvalue weighted by Crippen LogP contribution is 2.44. The molecule has 94 valence electrons. The molecule has 0 aromatic carbocycles. The normalized spacial score (nSPS) is 22.6. The van der Waals surface area contributed by atoms with Gasteiger partial charge in [-0.15, -0.1) is 0 Å². The molecule has 1 fully saturated rings. The van der Waals surface area contributed by atoms with Gasteiger partial charge in [0.1, 0.15) is 5.82 Å². The lowest BCUT2D eigenvalue weighted by Gasteiger charge is -2.30. The SMILES string of the molecule is CNc1ccc(C2OC(C)(C)C(C)(C)O2)cn1. The molecule has 1 aromatic heterocycles. The fourth-order valence-electron chi connectivity index (χ4n) is 1.67. The number of nitrogens with one attached hydrogen (secondary N) is 1. The minimum atomic E-state index is -0.335. The lowest BCUT2D eigenvalue weighted by molar-refractivity contribution is -0.0897. The van der Waals surface area contributed by atoms with E-state index in [4.69, 9.17) is 9.47 Å². The smallest absolute Gasteiger partial charge is 0.186 e. The molecule has 0 aliphatic carbocycles. The van der Waals surface area contributed by atoms with Crippen molar-refractivity contribution in [3.8, 4) is 0 Å². The first-order valence-electron chi connectivity index (χ1n) is 5.85. The van der Waals surface area contributed by atoms with Gasteiger partial charge < -0.3 is 14.8 Å². The van der Waals surface area contributed by atoms with Gasteiger partial charge >= 0.3 is 0 Å². The first kappa shape index (κ1) is 12.3. The molecule has 0 amide bonds. The van der Waals surface area contributed by atoms with Crippen molar-refractivity contribution in [2.24, 2.45) is 0 Å². The van der Waals surface area contributed by atoms with Gasteiger partial charge in [0, 0.05) is 18.8 Å². The third kappa shape index (κ3) is 2.15. The highest BCUT2D eigenvalue weighted by Gasteiger charge is 2.49. The standard InChI is InChI=1S/C13H20N2O2/c1-12(2)13(3,4)17-11(16-12)9-6-7-10(14-5)15-8-9/h6-8,11H,1-5H3,(H,14,15). The van der Waals surface area contributed by atoms with E-state index in [2.05, 4.69) is 10.3 Å². The van der Waals surface area contributed by atoms with Crippen LogP contribution < -0.4 is 5.32 Å². The van der Waals surface area contributed by atoms with Gasteiger partial charge in [-0.25, -0.2) is 4.98 Å². The first-order chi connectivity index (χ1) is 7.86. The van der Waals surface area contributed by atoms with Crippen LogP contribution in [0.3, 0.4) is 0 Å². The highest BCUT2D eigenvalue weighted by atomic mass is 16.7. The van der Waals surface area contributed by atoms with Crippen LogP contribution in [-0.2, 0) is 9.47 Å². The summed E-state index contributed by atoms with van der Waals surface area (Å²) in [6, 6.07) is 3.89. The molecule has 1 aliphatic heterocycles. The summed E-state index contributed by atoms with van der Waals surface area (Å²) in [4.78, 5) is 4.27. The molecule has 0 spiro atoms. The molecule has 2 rings (SSSR count). The summed E-state index contributed by atoms with van der Waals surface area (Å²) < 4.78 is 11.9. The maximum absolute atomic E-state index is 5.94. The fraction of sp³-hybridized carbons (Fsp3) is 0.615. The van der Waals surface area contributed by atoms with E-state index in [1.165, 1.54) is 0 Å². The Balaban J connectivity index is 2.20. The van der Waals surface area contributed by atoms with Crippen LogP contribution in [0.4, 0.5) is 5.82 Å². The van der Waals surface area contributed by atoms with Crippen molar-refractivity contribution in [2.45, 2.75) is 45.2 Å². The molecule has 1 saturated heterocycles. The summed E-state index contributed by atoms with van der Waals surface area (Å²) in [5.74, 6) is 0.838. The molecule has 0 bridgehead atoms. The second-order valence-electron chi connectivity index (χ2n) is 5.32. The molecular formula is C13H20N2O2. The molecule has 4 heteroatoms. The van der Waals surface area contributed by atoms with E-state index >= 15 is 0 Å². The predicted molar refractivity (Wildman–Crippen MR) is 66.9 cm³/mol. The molecule has 2 heterocycles. The molecule has 0 radical (unpaired) electrons. The third-order valence-corrected chi connectivity index (χ3v) is 3.57. The van der Waals surface area contributed by atoms with Crippen molar-refractivity contribution >= 4 is 5.82 Å². The molecule has 4 nitrogen and oxygen atoms in total. The Hall–Kier alpha value is -1.13. The number of hydrogen-bond donors (Lipinski definition) is 1. The Morgan fingerprint density at radius 1 is 1.12 bits per heavy atom. The van der Waals surface area contributed by atoms with E-state index in [0.29, 0.717) is 0 Å². The molecule has 0 atom stereocenters. The van der Waals surface area contributed by atoms with Gasteiger partial charge in [0.2, 0.25) is 0 Å². The molecule has 17 heavy (non-hydrogen) atoms. The number of rotatable bonds is 2. The van der Waals surface area contributed by atoms with Gasteiger partial charge in [-0.2, -0.15) is 0 Å². The maximum atomic E-state index is 5.94. The van der Waals surface area contributed by atoms with Crippen LogP contribution >= 0.6 is 0 Å². The van der Waals surface area contributed by atoms with Crippen molar-refractivity contribution in [1.82, 2.24) is 4.98 Å². The van der Waals surface area contributed by atoms with Crippen LogP contribution in [0.1, 0.15) is 39.5 Å². The summed E-state index contributed by atoms with van der Waals surface area (Å²) in [6.07, 6.45) is 1.45. The monoisotopic (exact) mass is 236 g/mol. The Kier molecular flexibility index (Phi) is 2.87. The molecule has 1 aliphatic rings. The summed E-state index contributed by atoms with van der Waals surface area (Å²) in [7, 11) is 1.84. The average molecular weight is 236 g/mol. The van der Waals surface area contributed by atoms with E-state index in [1.54, 1.807) is 6.20 Å². The fourth-order valence-corrected chi connectivity index (χ4v) is 1.67. The predicted octanol–water partition coefficient (Wildman–Crippen LogP) is 2.73. The number of hydrogen-bond acceptors (Lipinski definition) is 4. The third-order valence-electron chi connectivity index (χ3n) is 3.57. The van der Waals surface area contributed by atoms with Crippen molar-refractivity contribution in [1.29, 1.82) is 0 Å². The van der Waals surface area contributed by atoms with Crippen LogP contribution in [0.25, 0.3) is 0 Å². The van der Waals surface area contributed by atoms with E-state index < -0.39 is 0 Å². The summed E-state index contributed by atoms with van der Waals surface area (Å²) >= 11 is 0. The summed E-state index contributed by atoms with van der Waals surface area (Å²) in [5.41, 5.74) is 0.334. The lowest BCUT2D eigenvalue weighted by Crippen LogP contribution is -2.41. The van der Waals surface area contributed by atoms with E-state index in [-0.39, 0.29) is 17.5 Å². The van der Waals surface area contributed by atoms with Gasteiger partial charge in [0.25, 0.3) is 0 Å². The Labute approximate surface area is 102 Å². The van der Waals surface area contributed by atoms with E-state index in [0.717, 1.165) is 11.4 Å². The van der Waals surface area contributed by atoms with Gasteiger partial charge in [0.05, 0.1) is 11.2 Å². The topological polar surface area (TPSA) is 43.4 Å². The minimum Gasteiger partial charge on any atom is -0.373 e. The van der Waals surface area contributed by atoms with Gasteiger partial charge in [-0.3, -0.25) is 0 Å². The molecular weight excluding hydrogens is 216 g/mol. The van der Waals surface area contributed by atoms with Crippen LogP contribution in [0.2, 0.25) is 0 Å². The molecule has 0 saturated carbocycles. The molecule has 0 unspecified atom stereocenters. The molecule has 1 N–H and O–H groups in total. The van der Waals surface area contributed by atoms with Crippen LogP contribution in [0.5, 0.6) is 0 Å². The van der Waals surface area contributed by atoms with Gasteiger partial charge in [-0.05, 0) is 39.8 Å². The Morgan fingerprint density at radius 3 is 2.12 bits per heavy atom. The zero-order valence-corrected chi connectivity index (χ0v) is 11.1. The van der Waals surface area contributed by atoms with E-state index in [1.807, 2.05) is 46.9 Å². The van der Waals surface area contributed by atoms with Crippen LogP contribution in [0.15, 0.2) is 18.3 Å². The minimum absolute atomic E-state index is 0.306. The van der Waals surface area contributed by atoms with Crippen LogP contribution in [-0.4, -0.2) is 23.2 Å². The number of aromatic nitrogens is 1. The van der Waals surface area contributed by atoms with E-state index in [9.17, 15) is 0 Å². The Morgan fingerprint density at radius 2 is 1.71 bits per heavy atom. The Bertz CT molecular complexity index is 382. The van der Waals surface area contributed by atoms with Crippen molar-refractivity contribution in [2.75, 3.05) is 12.4 Å². The first-order valence-corrected chi connectivity index (χ1v) is 5.85. The quantitative estimate of drug-likeness (QED) is 0.857. The van der Waals surface area contributed by atoms with Crippen molar-refractivity contribution in [3.05, 3.63) is 23.9 Å². The number of anilines is 1. The number of nitrogens with zero attached hydrogens (tertiary/aromatic N) is 1. The summed E-state index contributed by atoms with van der Waals surface area (Å²) in [5, 5.41) is 2.98. The van der Waals surface area contributed by atoms with Gasteiger partial charge in [0.15, 0.2) is 6.29 Å². The average Bonchev–Trinajstić information content (AvgIpc) is 2.48. The zero-order valence-electron chi connectivity index (χ0n) is 11.1.